The largest absolute Gasteiger partial charge is 0.318 e. The van der Waals surface area contributed by atoms with Crippen LogP contribution in [0.4, 0.5) is 0 Å². The molecule has 0 fully saturated rings. The van der Waals surface area contributed by atoms with Gasteiger partial charge in [0.25, 0.3) is 5.91 Å². The molecule has 32 heavy (non-hydrogen) atoms. The number of benzene rings is 1. The second-order valence-corrected chi connectivity index (χ2v) is 10.6. The first-order chi connectivity index (χ1) is 15.0. The van der Waals surface area contributed by atoms with Crippen molar-refractivity contribution in [1.82, 2.24) is 9.47 Å². The van der Waals surface area contributed by atoms with Crippen molar-refractivity contribution < 1.29 is 13.2 Å². The van der Waals surface area contributed by atoms with Crippen molar-refractivity contribution in [2.75, 3.05) is 5.75 Å². The van der Waals surface area contributed by atoms with Crippen LogP contribution in [0.3, 0.4) is 0 Å². The number of rotatable bonds is 3. The predicted octanol–water partition coefficient (Wildman–Crippen LogP) is 3.72. The van der Waals surface area contributed by atoms with Crippen molar-refractivity contribution in [2.45, 2.75) is 34.6 Å². The smallest absolute Gasteiger partial charge is 0.283 e. The number of carbonyl (C=O) groups excluding carboxylic acids is 1. The van der Waals surface area contributed by atoms with Gasteiger partial charge in [-0.1, -0.05) is 13.0 Å². The summed E-state index contributed by atoms with van der Waals surface area (Å²) in [7, 11) is -3.68. The fraction of sp³-hybridized carbons (Fsp3) is 0.273. The molecule has 0 aliphatic carbocycles. The molecule has 0 spiro atoms. The Morgan fingerprint density at radius 3 is 2.50 bits per heavy atom. The van der Waals surface area contributed by atoms with E-state index in [-0.39, 0.29) is 27.5 Å². The number of nitrogens with one attached hydrogen (secondary N) is 1. The number of nitrogens with zero attached hydrogens (tertiary/aromatic N) is 4. The third-order valence-electron chi connectivity index (χ3n) is 5.67. The van der Waals surface area contributed by atoms with Crippen LogP contribution in [0.1, 0.15) is 35.0 Å². The Labute approximate surface area is 191 Å². The molecule has 1 aromatic heterocycles. The number of fused-ring (bicyclic) bond motifs is 1. The van der Waals surface area contributed by atoms with E-state index < -0.39 is 15.7 Å². The Morgan fingerprint density at radius 1 is 1.12 bits per heavy atom. The molecular weight excluding hydrogens is 446 g/mol. The van der Waals surface area contributed by atoms with Crippen LogP contribution in [0.5, 0.6) is 0 Å². The highest BCUT2D eigenvalue weighted by molar-refractivity contribution is 8.16. The summed E-state index contributed by atoms with van der Waals surface area (Å²) in [5, 5.41) is 8.41. The molecule has 0 atom stereocenters. The SMILES string of the molecule is CCS(=O)(=O)C1=NSC2=NC(=O)/C(=C\c3cc(C)n(-c4ccc(C)c(C)c4)c3C)C(=N)N21. The maximum atomic E-state index is 12.7. The lowest BCUT2D eigenvalue weighted by Crippen LogP contribution is -2.45. The van der Waals surface area contributed by atoms with Gasteiger partial charge < -0.3 is 4.57 Å². The molecule has 2 aromatic rings. The number of sulfone groups is 1. The minimum Gasteiger partial charge on any atom is -0.318 e. The highest BCUT2D eigenvalue weighted by atomic mass is 32.2. The first kappa shape index (κ1) is 22.2. The molecule has 2 aliphatic heterocycles. The molecular formula is C22H23N5O3S2. The van der Waals surface area contributed by atoms with Gasteiger partial charge in [0.2, 0.25) is 20.2 Å². The number of aliphatic imine (C=N–C) groups is 1. The maximum Gasteiger partial charge on any atom is 0.283 e. The molecule has 1 aromatic carbocycles. The van der Waals surface area contributed by atoms with Gasteiger partial charge in [0.1, 0.15) is 5.84 Å². The normalized spacial score (nSPS) is 17.7. The summed E-state index contributed by atoms with van der Waals surface area (Å²) in [5.74, 6) is -0.986. The Hall–Kier alpha value is -2.98. The lowest BCUT2D eigenvalue weighted by atomic mass is 10.1. The summed E-state index contributed by atoms with van der Waals surface area (Å²) >= 11 is 0.794. The average Bonchev–Trinajstić information content (AvgIpc) is 3.28. The standard InChI is InChI=1S/C22H23N5O3S2/c1-6-32(29,30)22-25-31-21-24-20(28)18(19(23)27(21)22)11-16-10-14(4)26(15(16)5)17-8-7-12(2)13(3)9-17/h7-11,23H,6H2,1-5H3/b18-11-,23-19?. The summed E-state index contributed by atoms with van der Waals surface area (Å²) in [6.07, 6.45) is 1.60. The number of hydrogen-bond acceptors (Lipinski definition) is 6. The van der Waals surface area contributed by atoms with Crippen molar-refractivity contribution in [3.63, 3.8) is 0 Å². The number of aryl methyl sites for hydroxylation is 3. The molecule has 1 N–H and O–H groups in total. The van der Waals surface area contributed by atoms with Gasteiger partial charge in [-0.3, -0.25) is 10.2 Å². The highest BCUT2D eigenvalue weighted by Crippen LogP contribution is 2.31. The molecule has 8 nitrogen and oxygen atoms in total. The summed E-state index contributed by atoms with van der Waals surface area (Å²) < 4.78 is 30.9. The summed E-state index contributed by atoms with van der Waals surface area (Å²) in [6.45, 7) is 9.55. The maximum absolute atomic E-state index is 12.7. The molecule has 0 radical (unpaired) electrons. The van der Waals surface area contributed by atoms with Gasteiger partial charge in [0, 0.05) is 17.1 Å². The van der Waals surface area contributed by atoms with Crippen LogP contribution >= 0.6 is 11.9 Å². The molecule has 4 rings (SSSR count). The quantitative estimate of drug-likeness (QED) is 0.544. The van der Waals surface area contributed by atoms with Crippen LogP contribution in [-0.2, 0) is 14.6 Å². The monoisotopic (exact) mass is 469 g/mol. The van der Waals surface area contributed by atoms with Crippen LogP contribution in [0.2, 0.25) is 0 Å². The minimum atomic E-state index is -3.68. The first-order valence-corrected chi connectivity index (χ1v) is 12.5. The van der Waals surface area contributed by atoms with E-state index in [4.69, 9.17) is 5.41 Å². The molecule has 3 heterocycles. The van der Waals surface area contributed by atoms with Crippen molar-refractivity contribution in [2.24, 2.45) is 9.39 Å². The van der Waals surface area contributed by atoms with E-state index in [1.165, 1.54) is 18.1 Å². The zero-order chi connectivity index (χ0) is 23.4. The van der Waals surface area contributed by atoms with Crippen molar-refractivity contribution in [3.8, 4) is 5.69 Å². The zero-order valence-electron chi connectivity index (χ0n) is 18.4. The topological polar surface area (TPSA) is 108 Å². The highest BCUT2D eigenvalue weighted by Gasteiger charge is 2.42. The number of amidine groups is 3. The summed E-state index contributed by atoms with van der Waals surface area (Å²) in [6, 6.07) is 8.16. The average molecular weight is 470 g/mol. The molecule has 166 valence electrons. The minimum absolute atomic E-state index is 0.0237. The molecule has 2 aliphatic rings. The Balaban J connectivity index is 1.78. The Morgan fingerprint density at radius 2 is 1.84 bits per heavy atom. The lowest BCUT2D eigenvalue weighted by molar-refractivity contribution is -0.114. The third kappa shape index (κ3) is 3.53. The second-order valence-electron chi connectivity index (χ2n) is 7.74. The summed E-state index contributed by atoms with van der Waals surface area (Å²) in [5.41, 5.74) is 6.06. The predicted molar refractivity (Wildman–Crippen MR) is 129 cm³/mol. The van der Waals surface area contributed by atoms with Crippen LogP contribution in [0.15, 0.2) is 39.2 Å². The first-order valence-electron chi connectivity index (χ1n) is 10.0. The molecule has 1 amide bonds. The van der Waals surface area contributed by atoms with Crippen LogP contribution in [-0.4, -0.2) is 45.7 Å². The van der Waals surface area contributed by atoms with Crippen LogP contribution < -0.4 is 0 Å². The molecule has 0 saturated carbocycles. The van der Waals surface area contributed by atoms with Crippen molar-refractivity contribution in [3.05, 3.63) is 57.9 Å². The van der Waals surface area contributed by atoms with Gasteiger partial charge in [0.05, 0.1) is 23.3 Å². The second kappa shape index (κ2) is 7.86. The van der Waals surface area contributed by atoms with Gasteiger partial charge in [-0.2, -0.15) is 9.39 Å². The van der Waals surface area contributed by atoms with Gasteiger partial charge in [-0.05, 0) is 68.7 Å². The van der Waals surface area contributed by atoms with Crippen LogP contribution in [0, 0.1) is 33.1 Å². The zero-order valence-corrected chi connectivity index (χ0v) is 20.1. The van der Waals surface area contributed by atoms with Gasteiger partial charge in [-0.25, -0.2) is 13.3 Å². The van der Waals surface area contributed by atoms with E-state index in [1.54, 1.807) is 6.08 Å². The van der Waals surface area contributed by atoms with E-state index in [0.717, 1.165) is 39.5 Å². The van der Waals surface area contributed by atoms with Gasteiger partial charge in [0.15, 0.2) is 0 Å². The fourth-order valence-corrected chi connectivity index (χ4v) is 5.64. The summed E-state index contributed by atoms with van der Waals surface area (Å²) in [4.78, 5) is 17.8. The Kier molecular flexibility index (Phi) is 5.46. The van der Waals surface area contributed by atoms with E-state index in [9.17, 15) is 13.2 Å². The van der Waals surface area contributed by atoms with Crippen molar-refractivity contribution >= 4 is 49.9 Å². The number of carbonyl (C=O) groups is 1. The van der Waals surface area contributed by atoms with Gasteiger partial charge >= 0.3 is 0 Å². The van der Waals surface area contributed by atoms with E-state index in [1.807, 2.05) is 26.0 Å². The molecule has 0 unspecified atom stereocenters. The fourth-order valence-electron chi connectivity index (χ4n) is 3.68. The van der Waals surface area contributed by atoms with E-state index in [0.29, 0.717) is 0 Å². The molecule has 0 bridgehead atoms. The lowest BCUT2D eigenvalue weighted by Gasteiger charge is -2.24. The van der Waals surface area contributed by atoms with Crippen LogP contribution in [0.25, 0.3) is 11.8 Å². The molecule has 0 saturated heterocycles. The number of amides is 1. The van der Waals surface area contributed by atoms with Crippen molar-refractivity contribution in [1.29, 1.82) is 5.41 Å². The Bertz CT molecular complexity index is 1380. The number of aromatic nitrogens is 1. The van der Waals surface area contributed by atoms with E-state index >= 15 is 0 Å². The van der Waals surface area contributed by atoms with Gasteiger partial charge in [-0.15, -0.1) is 0 Å². The molecule has 10 heteroatoms. The third-order valence-corrected chi connectivity index (χ3v) is 8.08. The van der Waals surface area contributed by atoms with E-state index in [2.05, 4.69) is 39.9 Å². The number of hydrogen-bond donors (Lipinski definition) is 1.